The molecule has 1 N–H and O–H groups in total. The van der Waals surface area contributed by atoms with Crippen molar-refractivity contribution in [1.82, 2.24) is 10.2 Å². The van der Waals surface area contributed by atoms with Crippen LogP contribution in [0, 0.1) is 0 Å². The van der Waals surface area contributed by atoms with Crippen LogP contribution in [0.2, 0.25) is 0 Å². The number of amides is 3. The molecule has 9 heteroatoms. The molecule has 2 aliphatic heterocycles. The minimum absolute atomic E-state index is 0.0879. The molecule has 1 aromatic rings. The Labute approximate surface area is 149 Å². The molecule has 0 unspecified atom stereocenters. The van der Waals surface area contributed by atoms with E-state index in [0.29, 0.717) is 23.5 Å². The Bertz CT molecular complexity index is 791. The molecule has 2 heterocycles. The first-order chi connectivity index (χ1) is 12.3. The maximum absolute atomic E-state index is 12.2. The quantitative estimate of drug-likeness (QED) is 0.454. The van der Waals surface area contributed by atoms with Crippen molar-refractivity contribution in [3.8, 4) is 11.5 Å². The summed E-state index contributed by atoms with van der Waals surface area (Å²) in [6.07, 6.45) is 0.395. The highest BCUT2D eigenvalue weighted by molar-refractivity contribution is 6.08. The van der Waals surface area contributed by atoms with Crippen molar-refractivity contribution in [2.45, 2.75) is 25.8 Å². The van der Waals surface area contributed by atoms with Gasteiger partial charge in [-0.1, -0.05) is 6.92 Å². The van der Waals surface area contributed by atoms with E-state index in [1.54, 1.807) is 19.9 Å². The molecule has 1 aromatic carbocycles. The molecule has 0 aromatic heterocycles. The largest absolute Gasteiger partial charge is 0.456 e. The lowest BCUT2D eigenvalue weighted by atomic mass is 9.99. The SMILES string of the molecule is CC[C@]1(C)NC(=O)N(CC(=O)OCC(=O)c2ccc3c(c2)OCO3)C1=O. The lowest BCUT2D eigenvalue weighted by Crippen LogP contribution is -2.43. The van der Waals surface area contributed by atoms with Gasteiger partial charge in [-0.25, -0.2) is 4.79 Å². The highest BCUT2D eigenvalue weighted by atomic mass is 16.7. The molecular weight excluding hydrogens is 344 g/mol. The second kappa shape index (κ2) is 6.66. The third-order valence-electron chi connectivity index (χ3n) is 4.40. The number of benzene rings is 1. The van der Waals surface area contributed by atoms with E-state index in [9.17, 15) is 19.2 Å². The molecule has 138 valence electrons. The minimum atomic E-state index is -1.03. The average molecular weight is 362 g/mol. The number of hydrogen-bond donors (Lipinski definition) is 1. The molecule has 1 saturated heterocycles. The van der Waals surface area contributed by atoms with E-state index in [4.69, 9.17) is 14.2 Å². The smallest absolute Gasteiger partial charge is 0.326 e. The number of esters is 1. The van der Waals surface area contributed by atoms with Gasteiger partial charge in [0.25, 0.3) is 5.91 Å². The zero-order valence-electron chi connectivity index (χ0n) is 14.4. The predicted octanol–water partition coefficient (Wildman–Crippen LogP) is 0.862. The number of carbonyl (C=O) groups is 4. The maximum Gasteiger partial charge on any atom is 0.326 e. The van der Waals surface area contributed by atoms with Crippen LogP contribution >= 0.6 is 0 Å². The Hall–Kier alpha value is -3.10. The van der Waals surface area contributed by atoms with Crippen LogP contribution < -0.4 is 14.8 Å². The van der Waals surface area contributed by atoms with Crippen molar-refractivity contribution in [2.24, 2.45) is 0 Å². The molecule has 0 saturated carbocycles. The van der Waals surface area contributed by atoms with Crippen LogP contribution in [0.4, 0.5) is 4.79 Å². The first-order valence-corrected chi connectivity index (χ1v) is 8.06. The molecule has 2 aliphatic rings. The van der Waals surface area contributed by atoms with Gasteiger partial charge in [-0.2, -0.15) is 0 Å². The Morgan fingerprint density at radius 2 is 2.00 bits per heavy atom. The molecule has 0 radical (unpaired) electrons. The second-order valence-corrected chi connectivity index (χ2v) is 6.16. The molecule has 9 nitrogen and oxygen atoms in total. The van der Waals surface area contributed by atoms with Gasteiger partial charge in [-0.05, 0) is 31.5 Å². The monoisotopic (exact) mass is 362 g/mol. The molecule has 1 fully saturated rings. The van der Waals surface area contributed by atoms with Crippen LogP contribution in [0.1, 0.15) is 30.6 Å². The molecule has 0 spiro atoms. The summed E-state index contributed by atoms with van der Waals surface area (Å²) in [5.74, 6) is -0.796. The average Bonchev–Trinajstić information content (AvgIpc) is 3.18. The van der Waals surface area contributed by atoms with E-state index in [1.165, 1.54) is 12.1 Å². The van der Waals surface area contributed by atoms with Gasteiger partial charge in [0.15, 0.2) is 23.9 Å². The third kappa shape index (κ3) is 3.19. The van der Waals surface area contributed by atoms with Gasteiger partial charge in [-0.3, -0.25) is 19.3 Å². The van der Waals surface area contributed by atoms with Gasteiger partial charge in [0.1, 0.15) is 12.1 Å². The topological polar surface area (TPSA) is 111 Å². The van der Waals surface area contributed by atoms with Gasteiger partial charge in [-0.15, -0.1) is 0 Å². The summed E-state index contributed by atoms with van der Waals surface area (Å²) < 4.78 is 15.2. The number of ether oxygens (including phenoxy) is 3. The number of ketones is 1. The Kier molecular flexibility index (Phi) is 4.54. The van der Waals surface area contributed by atoms with Crippen LogP contribution in [0.3, 0.4) is 0 Å². The van der Waals surface area contributed by atoms with Crippen molar-refractivity contribution in [3.63, 3.8) is 0 Å². The zero-order chi connectivity index (χ0) is 18.9. The molecule has 3 rings (SSSR count). The lowest BCUT2D eigenvalue weighted by Gasteiger charge is -2.18. The number of urea groups is 1. The fourth-order valence-electron chi connectivity index (χ4n) is 2.60. The zero-order valence-corrected chi connectivity index (χ0v) is 14.4. The van der Waals surface area contributed by atoms with Crippen LogP contribution in [0.25, 0.3) is 0 Å². The highest BCUT2D eigenvalue weighted by Gasteiger charge is 2.47. The molecule has 3 amide bonds. The standard InChI is InChI=1S/C17H18N2O7/c1-3-17(2)15(22)19(16(23)18-17)7-14(21)24-8-11(20)10-4-5-12-13(6-10)26-9-25-12/h4-6H,3,7-9H2,1-2H3,(H,18,23)/t17-/m0/s1. The van der Waals surface area contributed by atoms with Gasteiger partial charge in [0.05, 0.1) is 0 Å². The Balaban J connectivity index is 1.55. The number of nitrogens with zero attached hydrogens (tertiary/aromatic N) is 1. The van der Waals surface area contributed by atoms with Crippen LogP contribution in [0.5, 0.6) is 11.5 Å². The Morgan fingerprint density at radius 1 is 1.27 bits per heavy atom. The summed E-state index contributed by atoms with van der Waals surface area (Å²) in [5.41, 5.74) is -0.727. The van der Waals surface area contributed by atoms with Crippen molar-refractivity contribution < 1.29 is 33.4 Å². The number of carbonyl (C=O) groups excluding carboxylic acids is 4. The van der Waals surface area contributed by atoms with Crippen molar-refractivity contribution in [1.29, 1.82) is 0 Å². The van der Waals surface area contributed by atoms with Gasteiger partial charge in [0.2, 0.25) is 6.79 Å². The number of hydrogen-bond acceptors (Lipinski definition) is 7. The van der Waals surface area contributed by atoms with Crippen molar-refractivity contribution in [2.75, 3.05) is 19.9 Å². The van der Waals surface area contributed by atoms with E-state index < -0.39 is 42.4 Å². The summed E-state index contributed by atoms with van der Waals surface area (Å²) in [6, 6.07) is 3.98. The molecule has 26 heavy (non-hydrogen) atoms. The fraction of sp³-hybridized carbons (Fsp3) is 0.412. The summed E-state index contributed by atoms with van der Waals surface area (Å²) in [6.45, 7) is 2.37. The normalized spacial score (nSPS) is 20.9. The number of imide groups is 1. The van der Waals surface area contributed by atoms with Crippen LogP contribution in [-0.2, 0) is 14.3 Å². The summed E-state index contributed by atoms with van der Waals surface area (Å²) in [4.78, 5) is 48.9. The molecule has 0 bridgehead atoms. The van der Waals surface area contributed by atoms with Gasteiger partial charge in [0, 0.05) is 5.56 Å². The number of rotatable bonds is 6. The second-order valence-electron chi connectivity index (χ2n) is 6.16. The van der Waals surface area contributed by atoms with Gasteiger partial charge >= 0.3 is 12.0 Å². The number of fused-ring (bicyclic) bond motifs is 1. The highest BCUT2D eigenvalue weighted by Crippen LogP contribution is 2.32. The lowest BCUT2D eigenvalue weighted by molar-refractivity contribution is -0.146. The molecule has 0 aliphatic carbocycles. The van der Waals surface area contributed by atoms with E-state index in [1.807, 2.05) is 0 Å². The summed E-state index contributed by atoms with van der Waals surface area (Å²) in [7, 11) is 0. The maximum atomic E-state index is 12.2. The summed E-state index contributed by atoms with van der Waals surface area (Å²) >= 11 is 0. The first kappa shape index (κ1) is 17.7. The van der Waals surface area contributed by atoms with Crippen molar-refractivity contribution in [3.05, 3.63) is 23.8 Å². The first-order valence-electron chi connectivity index (χ1n) is 8.06. The fourth-order valence-corrected chi connectivity index (χ4v) is 2.60. The summed E-state index contributed by atoms with van der Waals surface area (Å²) in [5, 5.41) is 2.54. The third-order valence-corrected chi connectivity index (χ3v) is 4.40. The van der Waals surface area contributed by atoms with Crippen LogP contribution in [-0.4, -0.2) is 54.1 Å². The van der Waals surface area contributed by atoms with E-state index in [2.05, 4.69) is 5.32 Å². The van der Waals surface area contributed by atoms with E-state index in [-0.39, 0.29) is 6.79 Å². The molecule has 1 atom stereocenters. The minimum Gasteiger partial charge on any atom is -0.456 e. The number of nitrogens with one attached hydrogen (secondary N) is 1. The Morgan fingerprint density at radius 3 is 2.69 bits per heavy atom. The van der Waals surface area contributed by atoms with E-state index >= 15 is 0 Å². The molecular formula is C17H18N2O7. The van der Waals surface area contributed by atoms with Gasteiger partial charge < -0.3 is 19.5 Å². The van der Waals surface area contributed by atoms with Crippen molar-refractivity contribution >= 4 is 23.7 Å². The van der Waals surface area contributed by atoms with E-state index in [0.717, 1.165) is 4.90 Å². The number of Topliss-reactive ketones (excluding diaryl/α,β-unsaturated/α-hetero) is 1. The van der Waals surface area contributed by atoms with Crippen LogP contribution in [0.15, 0.2) is 18.2 Å². The predicted molar refractivity (Wildman–Crippen MR) is 86.8 cm³/mol.